The number of carbonyl (C=O) groups is 1. The van der Waals surface area contributed by atoms with E-state index in [9.17, 15) is 4.79 Å². The molecule has 0 aromatic heterocycles. The molecule has 1 amide bonds. The van der Waals surface area contributed by atoms with E-state index in [1.54, 1.807) is 7.11 Å². The minimum absolute atomic E-state index is 0.106. The summed E-state index contributed by atoms with van der Waals surface area (Å²) >= 11 is 3.87. The number of carbonyl (C=O) groups excluding carboxylic acids is 1. The van der Waals surface area contributed by atoms with Crippen LogP contribution in [-0.2, 0) is 4.79 Å². The highest BCUT2D eigenvalue weighted by molar-refractivity contribution is 8.19. The molecule has 0 bridgehead atoms. The van der Waals surface area contributed by atoms with Crippen LogP contribution in [0.3, 0.4) is 0 Å². The lowest BCUT2D eigenvalue weighted by atomic mass is 10.2. The summed E-state index contributed by atoms with van der Waals surface area (Å²) in [4.78, 5) is 12.3. The van der Waals surface area contributed by atoms with Gasteiger partial charge >= 0.3 is 0 Å². The highest BCUT2D eigenvalue weighted by Gasteiger charge is 2.20. The molecule has 0 radical (unpaired) electrons. The molecule has 1 fully saturated rings. The number of hydrogen-bond donors (Lipinski definition) is 1. The highest BCUT2D eigenvalue weighted by Crippen LogP contribution is 2.46. The maximum atomic E-state index is 12.3. The van der Waals surface area contributed by atoms with E-state index in [0.717, 1.165) is 6.42 Å². The van der Waals surface area contributed by atoms with Crippen LogP contribution in [0.2, 0.25) is 0 Å². The fourth-order valence-corrected chi connectivity index (χ4v) is 5.58. The molecule has 150 valence electrons. The van der Waals surface area contributed by atoms with E-state index >= 15 is 0 Å². The summed E-state index contributed by atoms with van der Waals surface area (Å²) in [5.41, 5.74) is 1.85. The van der Waals surface area contributed by atoms with E-state index in [-0.39, 0.29) is 12.5 Å². The molecule has 7 heteroatoms. The van der Waals surface area contributed by atoms with Crippen molar-refractivity contribution in [1.29, 1.82) is 0 Å². The minimum Gasteiger partial charge on any atom is -0.493 e. The summed E-state index contributed by atoms with van der Waals surface area (Å²) in [6.07, 6.45) is 0.902. The predicted octanol–water partition coefficient (Wildman–Crippen LogP) is 4.98. The predicted molar refractivity (Wildman–Crippen MR) is 117 cm³/mol. The van der Waals surface area contributed by atoms with Crippen LogP contribution in [0, 0.1) is 0 Å². The molecule has 0 aliphatic carbocycles. The number of para-hydroxylation sites is 2. The lowest BCUT2D eigenvalue weighted by molar-refractivity contribution is -0.118. The fraction of sp³-hybridized carbons (Fsp3) is 0.381. The number of benzene rings is 2. The Balaban J connectivity index is 1.60. The topological polar surface area (TPSA) is 56.8 Å². The van der Waals surface area contributed by atoms with Crippen molar-refractivity contribution in [3.8, 4) is 17.2 Å². The Labute approximate surface area is 174 Å². The highest BCUT2D eigenvalue weighted by atomic mass is 32.2. The molecule has 2 aromatic carbocycles. The van der Waals surface area contributed by atoms with Gasteiger partial charge in [0.25, 0.3) is 5.91 Å². The molecular weight excluding hydrogens is 394 g/mol. The van der Waals surface area contributed by atoms with Gasteiger partial charge in [-0.15, -0.1) is 23.5 Å². The lowest BCUT2D eigenvalue weighted by Gasteiger charge is -2.15. The Hall–Kier alpha value is -1.99. The molecule has 5 nitrogen and oxygen atoms in total. The van der Waals surface area contributed by atoms with Gasteiger partial charge in [-0.3, -0.25) is 4.79 Å². The number of amides is 1. The average Bonchev–Trinajstić information content (AvgIpc) is 3.26. The Kier molecular flexibility index (Phi) is 7.80. The summed E-state index contributed by atoms with van der Waals surface area (Å²) in [6, 6.07) is 13.3. The molecular formula is C21H25NO4S2. The Morgan fingerprint density at radius 1 is 1.07 bits per heavy atom. The van der Waals surface area contributed by atoms with Crippen LogP contribution in [0.4, 0.5) is 5.69 Å². The van der Waals surface area contributed by atoms with Gasteiger partial charge in [0.05, 0.1) is 24.0 Å². The van der Waals surface area contributed by atoms with Crippen molar-refractivity contribution in [3.05, 3.63) is 48.0 Å². The molecule has 0 atom stereocenters. The van der Waals surface area contributed by atoms with Gasteiger partial charge in [0, 0.05) is 11.5 Å². The second kappa shape index (κ2) is 10.5. The first-order valence-corrected chi connectivity index (χ1v) is 11.4. The number of hydrogen-bond acceptors (Lipinski definition) is 6. The van der Waals surface area contributed by atoms with Crippen LogP contribution in [0.5, 0.6) is 17.2 Å². The minimum atomic E-state index is -0.249. The molecule has 2 aromatic rings. The van der Waals surface area contributed by atoms with Crippen LogP contribution >= 0.6 is 23.5 Å². The number of anilines is 1. The third-order valence-corrected chi connectivity index (χ3v) is 7.17. The van der Waals surface area contributed by atoms with Gasteiger partial charge in [-0.1, -0.05) is 25.1 Å². The largest absolute Gasteiger partial charge is 0.493 e. The Morgan fingerprint density at radius 2 is 1.86 bits per heavy atom. The van der Waals surface area contributed by atoms with Crippen molar-refractivity contribution in [2.24, 2.45) is 0 Å². The third-order valence-electron chi connectivity index (χ3n) is 4.06. The number of thioether (sulfide) groups is 2. The van der Waals surface area contributed by atoms with E-state index in [1.807, 2.05) is 72.9 Å². The standard InChI is InChI=1S/C21H25NO4S2/c1-3-10-25-17-7-5-4-6-16(17)22-20(23)14-26-18-9-8-15(13-19(18)24-2)21-27-11-12-28-21/h4-9,13,21H,3,10-12,14H2,1-2H3,(H,22,23). The molecule has 3 rings (SSSR count). The van der Waals surface area contributed by atoms with E-state index in [0.29, 0.717) is 34.1 Å². The summed E-state index contributed by atoms with van der Waals surface area (Å²) in [7, 11) is 1.61. The summed E-state index contributed by atoms with van der Waals surface area (Å²) in [6.45, 7) is 2.53. The molecule has 1 aliphatic rings. The molecule has 0 spiro atoms. The number of nitrogens with one attached hydrogen (secondary N) is 1. The van der Waals surface area contributed by atoms with Crippen molar-refractivity contribution in [3.63, 3.8) is 0 Å². The van der Waals surface area contributed by atoms with E-state index in [2.05, 4.69) is 5.32 Å². The van der Waals surface area contributed by atoms with Crippen LogP contribution in [0.1, 0.15) is 23.5 Å². The SMILES string of the molecule is CCCOc1ccccc1NC(=O)COc1ccc(C2SCCS2)cc1OC. The van der Waals surface area contributed by atoms with E-state index in [1.165, 1.54) is 17.1 Å². The number of rotatable bonds is 9. The van der Waals surface area contributed by atoms with Crippen molar-refractivity contribution >= 4 is 35.1 Å². The first-order chi connectivity index (χ1) is 13.7. The maximum Gasteiger partial charge on any atom is 0.262 e. The average molecular weight is 420 g/mol. The van der Waals surface area contributed by atoms with Gasteiger partial charge in [0.2, 0.25) is 0 Å². The lowest BCUT2D eigenvalue weighted by Crippen LogP contribution is -2.20. The van der Waals surface area contributed by atoms with Crippen molar-refractivity contribution in [2.75, 3.05) is 37.1 Å². The van der Waals surface area contributed by atoms with Gasteiger partial charge < -0.3 is 19.5 Å². The molecule has 0 unspecified atom stereocenters. The van der Waals surface area contributed by atoms with E-state index in [4.69, 9.17) is 14.2 Å². The molecule has 1 saturated heterocycles. The maximum absolute atomic E-state index is 12.3. The zero-order valence-electron chi connectivity index (χ0n) is 16.1. The van der Waals surface area contributed by atoms with Gasteiger partial charge in [0.1, 0.15) is 5.75 Å². The molecule has 1 heterocycles. The zero-order valence-corrected chi connectivity index (χ0v) is 17.7. The second-order valence-corrected chi connectivity index (χ2v) is 8.89. The summed E-state index contributed by atoms with van der Waals surface area (Å²) in [5.74, 6) is 3.95. The fourth-order valence-electron chi connectivity index (χ4n) is 2.74. The van der Waals surface area contributed by atoms with Crippen molar-refractivity contribution in [2.45, 2.75) is 17.9 Å². The summed E-state index contributed by atoms with van der Waals surface area (Å²) < 4.78 is 17.3. The zero-order chi connectivity index (χ0) is 19.8. The second-order valence-electron chi connectivity index (χ2n) is 6.17. The van der Waals surface area contributed by atoms with Gasteiger partial charge in [-0.25, -0.2) is 0 Å². The van der Waals surface area contributed by atoms with Gasteiger partial charge in [-0.2, -0.15) is 0 Å². The normalized spacial score (nSPS) is 13.9. The first kappa shape index (κ1) is 20.7. The molecule has 28 heavy (non-hydrogen) atoms. The Morgan fingerprint density at radius 3 is 2.61 bits per heavy atom. The molecule has 1 N–H and O–H groups in total. The monoisotopic (exact) mass is 419 g/mol. The van der Waals surface area contributed by atoms with Gasteiger partial charge in [0.15, 0.2) is 18.1 Å². The number of ether oxygens (including phenoxy) is 3. The third kappa shape index (κ3) is 5.52. The summed E-state index contributed by atoms with van der Waals surface area (Å²) in [5, 5.41) is 2.85. The molecule has 1 aliphatic heterocycles. The van der Waals surface area contributed by atoms with Crippen LogP contribution < -0.4 is 19.5 Å². The van der Waals surface area contributed by atoms with Crippen LogP contribution in [0.25, 0.3) is 0 Å². The van der Waals surface area contributed by atoms with Crippen molar-refractivity contribution < 1.29 is 19.0 Å². The first-order valence-electron chi connectivity index (χ1n) is 9.27. The van der Waals surface area contributed by atoms with Gasteiger partial charge in [-0.05, 0) is 36.2 Å². The van der Waals surface area contributed by atoms with Crippen molar-refractivity contribution in [1.82, 2.24) is 0 Å². The van der Waals surface area contributed by atoms with Crippen LogP contribution in [0.15, 0.2) is 42.5 Å². The smallest absolute Gasteiger partial charge is 0.262 e. The molecule has 0 saturated carbocycles. The van der Waals surface area contributed by atoms with E-state index < -0.39 is 0 Å². The number of methoxy groups -OCH3 is 1. The van der Waals surface area contributed by atoms with Crippen LogP contribution in [-0.4, -0.2) is 37.7 Å². The Bertz CT molecular complexity index is 794. The quantitative estimate of drug-likeness (QED) is 0.619.